The summed E-state index contributed by atoms with van der Waals surface area (Å²) in [6.07, 6.45) is -16.8. The summed E-state index contributed by atoms with van der Waals surface area (Å²) < 4.78 is 207. The fourth-order valence-electron chi connectivity index (χ4n) is 2.87. The molecule has 0 aromatic rings. The number of alkyl halides is 15. The molecule has 0 aromatic heterocycles. The van der Waals surface area contributed by atoms with E-state index in [1.54, 1.807) is 4.90 Å². The van der Waals surface area contributed by atoms with Gasteiger partial charge in [0.05, 0.1) is 39.0 Å². The Labute approximate surface area is 193 Å². The molecule has 1 fully saturated rings. The van der Waals surface area contributed by atoms with E-state index >= 15 is 0 Å². The number of aliphatic hydroxyl groups is 1. The van der Waals surface area contributed by atoms with E-state index in [0.717, 1.165) is 0 Å². The lowest BCUT2D eigenvalue weighted by Crippen LogP contribution is -2.67. The van der Waals surface area contributed by atoms with Gasteiger partial charge in [0.1, 0.15) is 0 Å². The van der Waals surface area contributed by atoms with Crippen LogP contribution in [0.25, 0.3) is 0 Å². The van der Waals surface area contributed by atoms with Crippen LogP contribution in [0.1, 0.15) is 12.8 Å². The molecule has 1 rings (SSSR count). The molecule has 19 heteroatoms. The van der Waals surface area contributed by atoms with E-state index in [0.29, 0.717) is 26.3 Å². The van der Waals surface area contributed by atoms with Crippen LogP contribution < -0.4 is 0 Å². The maximum atomic E-state index is 13.8. The van der Waals surface area contributed by atoms with E-state index in [1.807, 2.05) is 0 Å². The molecule has 1 aliphatic rings. The van der Waals surface area contributed by atoms with Crippen LogP contribution in [-0.2, 0) is 9.47 Å². The molecular weight excluding hydrogens is 551 g/mol. The van der Waals surface area contributed by atoms with Crippen molar-refractivity contribution in [2.24, 2.45) is 0 Å². The molecule has 0 aliphatic carbocycles. The van der Waals surface area contributed by atoms with Gasteiger partial charge < -0.3 is 14.6 Å². The average molecular weight is 571 g/mol. The lowest BCUT2D eigenvalue weighted by atomic mass is 9.91. The summed E-state index contributed by atoms with van der Waals surface area (Å²) in [5.41, 5.74) is 0. The summed E-state index contributed by atoms with van der Waals surface area (Å²) in [6.45, 7) is 0.526. The van der Waals surface area contributed by atoms with Crippen LogP contribution in [-0.4, -0.2) is 104 Å². The second-order valence-corrected chi connectivity index (χ2v) is 7.90. The highest BCUT2D eigenvalue weighted by molar-refractivity contribution is 5.08. The molecule has 0 aromatic carbocycles. The minimum Gasteiger partial charge on any atom is -0.390 e. The lowest BCUT2D eigenvalue weighted by Gasteiger charge is -2.39. The summed E-state index contributed by atoms with van der Waals surface area (Å²) in [6, 6.07) is 0. The third kappa shape index (κ3) is 6.80. The van der Waals surface area contributed by atoms with E-state index < -0.39 is 67.3 Å². The summed E-state index contributed by atoms with van der Waals surface area (Å²) in [5.74, 6) is -43.1. The van der Waals surface area contributed by atoms with E-state index in [-0.39, 0.29) is 13.2 Å². The van der Waals surface area contributed by atoms with Gasteiger partial charge in [0.25, 0.3) is 0 Å². The third-order valence-corrected chi connectivity index (χ3v) is 5.04. The first kappa shape index (κ1) is 32.8. The van der Waals surface area contributed by atoms with Crippen molar-refractivity contribution in [2.75, 3.05) is 46.1 Å². The average Bonchev–Trinajstić information content (AvgIpc) is 2.69. The van der Waals surface area contributed by atoms with E-state index in [9.17, 15) is 71.0 Å². The van der Waals surface area contributed by atoms with Gasteiger partial charge in [-0.3, -0.25) is 4.90 Å². The highest BCUT2D eigenvalue weighted by Gasteiger charge is 2.88. The predicted molar refractivity (Wildman–Crippen MR) is 89.1 cm³/mol. The van der Waals surface area contributed by atoms with Crippen LogP contribution >= 0.6 is 0 Å². The fourth-order valence-corrected chi connectivity index (χ4v) is 2.87. The Morgan fingerprint density at radius 2 is 1.19 bits per heavy atom. The van der Waals surface area contributed by atoms with Crippen molar-refractivity contribution in [1.29, 1.82) is 0 Å². The maximum absolute atomic E-state index is 13.8. The van der Waals surface area contributed by atoms with Crippen LogP contribution in [0.15, 0.2) is 0 Å². The van der Waals surface area contributed by atoms with E-state index in [4.69, 9.17) is 9.47 Å². The van der Waals surface area contributed by atoms with Gasteiger partial charge in [-0.1, -0.05) is 0 Å². The van der Waals surface area contributed by atoms with Gasteiger partial charge in [-0.25, -0.2) is 0 Å². The Hall–Kier alpha value is -1.21. The Kier molecular flexibility index (Phi) is 9.92. The molecule has 0 spiro atoms. The molecule has 1 unspecified atom stereocenters. The van der Waals surface area contributed by atoms with E-state index in [1.165, 1.54) is 0 Å². The molecule has 1 heterocycles. The number of ether oxygens (including phenoxy) is 2. The summed E-state index contributed by atoms with van der Waals surface area (Å²) >= 11 is 0. The predicted octanol–water partition coefficient (Wildman–Crippen LogP) is 4.85. The van der Waals surface area contributed by atoms with Gasteiger partial charge in [0, 0.05) is 26.1 Å². The Balaban J connectivity index is 2.87. The largest absolute Gasteiger partial charge is 0.460 e. The first-order valence-corrected chi connectivity index (χ1v) is 9.82. The quantitative estimate of drug-likeness (QED) is 0.254. The fraction of sp³-hybridized carbons (Fsp3) is 1.00. The van der Waals surface area contributed by atoms with Gasteiger partial charge in [-0.2, -0.15) is 65.9 Å². The van der Waals surface area contributed by atoms with Crippen LogP contribution in [0.4, 0.5) is 65.9 Å². The Morgan fingerprint density at radius 3 is 1.67 bits per heavy atom. The highest BCUT2D eigenvalue weighted by atomic mass is 19.4. The standard InChI is InChI=1S/C17H20F15NO3/c18-11(19,7-10(34)8-36-6-3-33-1-4-35-5-2-33)12(20,21)9-13(22,23)14(24,25)15(26,27)16(28,29)17(30,31)32/h10,34H,1-9H2. The molecule has 1 aliphatic heterocycles. The van der Waals surface area contributed by atoms with Gasteiger partial charge in [-0.05, 0) is 0 Å². The van der Waals surface area contributed by atoms with Crippen molar-refractivity contribution in [3.63, 3.8) is 0 Å². The van der Waals surface area contributed by atoms with Crippen molar-refractivity contribution >= 4 is 0 Å². The molecule has 4 nitrogen and oxygen atoms in total. The smallest absolute Gasteiger partial charge is 0.390 e. The second kappa shape index (κ2) is 10.9. The molecule has 1 atom stereocenters. The number of rotatable bonds is 13. The van der Waals surface area contributed by atoms with Crippen molar-refractivity contribution in [2.45, 2.75) is 60.7 Å². The molecule has 36 heavy (non-hydrogen) atoms. The number of nitrogens with zero attached hydrogens (tertiary/aromatic N) is 1. The number of aliphatic hydroxyl groups excluding tert-OH is 1. The maximum Gasteiger partial charge on any atom is 0.460 e. The molecule has 0 bridgehead atoms. The van der Waals surface area contributed by atoms with Crippen LogP contribution in [0.3, 0.4) is 0 Å². The molecule has 0 amide bonds. The number of hydrogen-bond acceptors (Lipinski definition) is 4. The summed E-state index contributed by atoms with van der Waals surface area (Å²) in [4.78, 5) is 1.76. The summed E-state index contributed by atoms with van der Waals surface area (Å²) in [5, 5.41) is 9.42. The molecule has 0 saturated carbocycles. The van der Waals surface area contributed by atoms with Gasteiger partial charge in [0.15, 0.2) is 0 Å². The molecule has 216 valence electrons. The minimum absolute atomic E-state index is 0.181. The topological polar surface area (TPSA) is 41.9 Å². The SMILES string of the molecule is OC(COCCN1CCOCC1)CC(F)(F)C(F)(F)CC(F)(F)C(F)(F)C(F)(F)C(F)(F)C(F)(F)F. The Bertz CT molecular complexity index is 708. The number of hydrogen-bond donors (Lipinski definition) is 1. The zero-order valence-corrected chi connectivity index (χ0v) is 17.8. The monoisotopic (exact) mass is 571 g/mol. The zero-order valence-electron chi connectivity index (χ0n) is 17.8. The van der Waals surface area contributed by atoms with Crippen LogP contribution in [0.2, 0.25) is 0 Å². The number of halogens is 15. The van der Waals surface area contributed by atoms with Crippen LogP contribution in [0.5, 0.6) is 0 Å². The summed E-state index contributed by atoms with van der Waals surface area (Å²) in [7, 11) is 0. The van der Waals surface area contributed by atoms with Crippen molar-refractivity contribution < 1.29 is 80.4 Å². The van der Waals surface area contributed by atoms with Crippen molar-refractivity contribution in [3.8, 4) is 0 Å². The third-order valence-electron chi connectivity index (χ3n) is 5.04. The van der Waals surface area contributed by atoms with Gasteiger partial charge in [-0.15, -0.1) is 0 Å². The van der Waals surface area contributed by atoms with E-state index in [2.05, 4.69) is 0 Å². The van der Waals surface area contributed by atoms with Crippen molar-refractivity contribution in [1.82, 2.24) is 4.90 Å². The highest BCUT2D eigenvalue weighted by Crippen LogP contribution is 2.59. The van der Waals surface area contributed by atoms with Crippen LogP contribution in [0, 0.1) is 0 Å². The number of morpholine rings is 1. The minimum atomic E-state index is -8.01. The molecule has 1 saturated heterocycles. The van der Waals surface area contributed by atoms with Gasteiger partial charge >= 0.3 is 41.7 Å². The van der Waals surface area contributed by atoms with Crippen molar-refractivity contribution in [3.05, 3.63) is 0 Å². The molecule has 1 N–H and O–H groups in total. The second-order valence-electron chi connectivity index (χ2n) is 7.90. The molecule has 0 radical (unpaired) electrons. The first-order chi connectivity index (χ1) is 15.9. The zero-order chi connectivity index (χ0) is 28.4. The van der Waals surface area contributed by atoms with Gasteiger partial charge in [0.2, 0.25) is 0 Å². The normalized spacial score (nSPS) is 19.0. The Morgan fingerprint density at radius 1 is 0.694 bits per heavy atom. The molecular formula is C17H20F15NO3. The lowest BCUT2D eigenvalue weighted by molar-refractivity contribution is -0.427. The first-order valence-electron chi connectivity index (χ1n) is 9.82.